The highest BCUT2D eigenvalue weighted by Gasteiger charge is 2.30. The number of ether oxygens (including phenoxy) is 1. The van der Waals surface area contributed by atoms with Crippen LogP contribution < -0.4 is 5.32 Å². The Morgan fingerprint density at radius 3 is 1.44 bits per heavy atom. The number of amides is 1. The van der Waals surface area contributed by atoms with Crippen LogP contribution in [0.2, 0.25) is 0 Å². The van der Waals surface area contributed by atoms with E-state index >= 15 is 0 Å². The Hall–Kier alpha value is -2.55. The lowest BCUT2D eigenvalue weighted by Gasteiger charge is -2.27. The van der Waals surface area contributed by atoms with Gasteiger partial charge in [0.2, 0.25) is 5.91 Å². The molecular formula is C63H116N2O7P+. The van der Waals surface area contributed by atoms with Crippen LogP contribution >= 0.6 is 7.82 Å². The number of rotatable bonds is 54. The fourth-order valence-electron chi connectivity index (χ4n) is 8.50. The second kappa shape index (κ2) is 52.9. The lowest BCUT2D eigenvalue weighted by molar-refractivity contribution is -0.870. The predicted octanol–water partition coefficient (Wildman–Crippen LogP) is 18.4. The van der Waals surface area contributed by atoms with Crippen molar-refractivity contribution < 1.29 is 37.3 Å². The molecule has 0 saturated heterocycles. The molecule has 2 N–H and O–H groups in total. The Kier molecular flexibility index (Phi) is 51.0. The van der Waals surface area contributed by atoms with Gasteiger partial charge in [0.05, 0.1) is 33.8 Å². The van der Waals surface area contributed by atoms with Crippen molar-refractivity contribution in [3.8, 4) is 0 Å². The van der Waals surface area contributed by atoms with Gasteiger partial charge in [-0.1, -0.05) is 242 Å². The predicted molar refractivity (Wildman–Crippen MR) is 314 cm³/mol. The third kappa shape index (κ3) is 54.1. The van der Waals surface area contributed by atoms with Crippen molar-refractivity contribution in [2.75, 3.05) is 40.9 Å². The number of allylic oxidation sites excluding steroid dienone is 11. The molecule has 0 spiro atoms. The van der Waals surface area contributed by atoms with E-state index in [1.807, 2.05) is 33.3 Å². The largest absolute Gasteiger partial charge is 0.472 e. The van der Waals surface area contributed by atoms with Crippen molar-refractivity contribution in [2.45, 2.75) is 277 Å². The maximum absolute atomic E-state index is 13.5. The van der Waals surface area contributed by atoms with E-state index in [4.69, 9.17) is 13.8 Å². The number of carbonyl (C=O) groups excluding carboxylic acids is 2. The summed E-state index contributed by atoms with van der Waals surface area (Å²) in [6.07, 6.45) is 67.4. The molecule has 0 aliphatic heterocycles. The Bertz CT molecular complexity index is 1480. The molecule has 10 heteroatoms. The summed E-state index contributed by atoms with van der Waals surface area (Å²) in [5.74, 6) is -0.522. The number of esters is 1. The molecule has 0 rings (SSSR count). The summed E-state index contributed by atoms with van der Waals surface area (Å²) in [7, 11) is 1.48. The van der Waals surface area contributed by atoms with E-state index in [2.05, 4.69) is 86.8 Å². The van der Waals surface area contributed by atoms with Gasteiger partial charge >= 0.3 is 13.8 Å². The number of carbonyl (C=O) groups is 2. The number of nitrogens with one attached hydrogen (secondary N) is 1. The van der Waals surface area contributed by atoms with Gasteiger partial charge < -0.3 is 19.4 Å². The average Bonchev–Trinajstić information content (AvgIpc) is 3.35. The van der Waals surface area contributed by atoms with Gasteiger partial charge in [-0.3, -0.25) is 18.6 Å². The minimum Gasteiger partial charge on any atom is -0.456 e. The van der Waals surface area contributed by atoms with Gasteiger partial charge in [0.1, 0.15) is 19.3 Å². The van der Waals surface area contributed by atoms with E-state index in [1.54, 1.807) is 0 Å². The zero-order valence-corrected chi connectivity index (χ0v) is 49.3. The number of hydrogen-bond acceptors (Lipinski definition) is 6. The second-order valence-corrected chi connectivity index (χ2v) is 23.0. The first-order valence-corrected chi connectivity index (χ1v) is 31.8. The summed E-state index contributed by atoms with van der Waals surface area (Å²) < 4.78 is 30.7. The molecule has 0 aromatic carbocycles. The van der Waals surface area contributed by atoms with Crippen LogP contribution in [0.25, 0.3) is 0 Å². The molecule has 3 unspecified atom stereocenters. The van der Waals surface area contributed by atoms with E-state index in [0.29, 0.717) is 17.4 Å². The third-order valence-electron chi connectivity index (χ3n) is 13.2. The van der Waals surface area contributed by atoms with Gasteiger partial charge in [-0.25, -0.2) is 4.57 Å². The quantitative estimate of drug-likeness (QED) is 0.0156. The van der Waals surface area contributed by atoms with Crippen molar-refractivity contribution in [1.29, 1.82) is 0 Å². The standard InChI is InChI=1S/C63H115N2O7P/c1-7-10-13-16-19-22-25-28-30-31-32-33-35-37-40-43-46-49-52-55-62(66)64-60(59-71-73(68,69)70-58-57-65(4,5)6)61(54-51-48-45-42-39-36-27-24-21-18-15-12-9-3)72-63(67)56-53-50-47-44-41-38-34-29-26-23-20-17-14-11-8-2/h11,14,17,19-20,22-23,26,28,30,51,54,60-61H,7-10,12-13,15-16,18,21,24-25,27,29,31-50,52-53,55-59H2,1-6H3,(H-,64,66,68,69)/p+1/b14-11+,20-17+,22-19-,26-23+,30-28-,54-51-. The first kappa shape index (κ1) is 70.5. The number of hydrogen-bond donors (Lipinski definition) is 2. The summed E-state index contributed by atoms with van der Waals surface area (Å²) in [6, 6.07) is -0.857. The normalized spacial score (nSPS) is 14.2. The van der Waals surface area contributed by atoms with Crippen LogP contribution in [0.15, 0.2) is 72.9 Å². The molecule has 1 amide bonds. The first-order chi connectivity index (χ1) is 35.4. The fraction of sp³-hybridized carbons (Fsp3) is 0.778. The first-order valence-electron chi connectivity index (χ1n) is 30.3. The zero-order chi connectivity index (χ0) is 53.6. The number of phosphoric acid groups is 1. The van der Waals surface area contributed by atoms with Gasteiger partial charge in [0.25, 0.3) is 0 Å². The Balaban J connectivity index is 5.32. The lowest BCUT2D eigenvalue weighted by Crippen LogP contribution is -2.47. The number of nitrogens with zero attached hydrogens (tertiary/aromatic N) is 1. The van der Waals surface area contributed by atoms with Crippen LogP contribution in [0.1, 0.15) is 265 Å². The van der Waals surface area contributed by atoms with Gasteiger partial charge in [-0.15, -0.1) is 0 Å². The summed E-state index contributed by atoms with van der Waals surface area (Å²) in [5.41, 5.74) is 0. The van der Waals surface area contributed by atoms with E-state index in [-0.39, 0.29) is 31.5 Å². The minimum absolute atomic E-state index is 0.0351. The Labute approximate surface area is 451 Å². The zero-order valence-electron chi connectivity index (χ0n) is 48.4. The number of unbranched alkanes of at least 4 members (excludes halogenated alkanes) is 30. The fourth-order valence-corrected chi connectivity index (χ4v) is 9.24. The summed E-state index contributed by atoms with van der Waals surface area (Å²) in [6.45, 7) is 6.85. The molecule has 73 heavy (non-hydrogen) atoms. The van der Waals surface area contributed by atoms with Gasteiger partial charge in [0, 0.05) is 12.8 Å². The number of quaternary nitrogens is 1. The monoisotopic (exact) mass is 1040 g/mol. The van der Waals surface area contributed by atoms with Crippen molar-refractivity contribution in [3.05, 3.63) is 72.9 Å². The lowest BCUT2D eigenvalue weighted by atomic mass is 10.0. The molecule has 9 nitrogen and oxygen atoms in total. The Morgan fingerprint density at radius 2 is 0.932 bits per heavy atom. The third-order valence-corrected chi connectivity index (χ3v) is 14.2. The SMILES string of the molecule is CC/C=C/C=C/C=C/CCCCCCCCCC(=O)OC(/C=C\CCCCCCCCCCCCC)C(COP(=O)(O)OCC[N+](C)(C)C)NC(=O)CCCCCCCCCCC/C=C\C/C=C\CCCCC. The molecule has 0 aromatic rings. The van der Waals surface area contributed by atoms with E-state index < -0.39 is 20.0 Å². The number of likely N-dealkylation sites (N-methyl/N-ethyl adjacent to an activating group) is 1. The van der Waals surface area contributed by atoms with Crippen LogP contribution in [0, 0.1) is 0 Å². The highest BCUT2D eigenvalue weighted by atomic mass is 31.2. The molecule has 0 aliphatic carbocycles. The second-order valence-electron chi connectivity index (χ2n) is 21.6. The number of phosphoric ester groups is 1. The summed E-state index contributed by atoms with van der Waals surface area (Å²) in [5, 5.41) is 3.05. The van der Waals surface area contributed by atoms with Crippen LogP contribution in [-0.2, 0) is 27.9 Å². The van der Waals surface area contributed by atoms with Gasteiger partial charge in [0.15, 0.2) is 0 Å². The summed E-state index contributed by atoms with van der Waals surface area (Å²) in [4.78, 5) is 37.7. The molecular weight excluding hydrogens is 928 g/mol. The molecule has 0 fully saturated rings. The summed E-state index contributed by atoms with van der Waals surface area (Å²) >= 11 is 0. The molecule has 3 atom stereocenters. The van der Waals surface area contributed by atoms with Crippen LogP contribution in [0.5, 0.6) is 0 Å². The van der Waals surface area contributed by atoms with E-state index in [9.17, 15) is 19.0 Å². The molecule has 0 aliphatic rings. The van der Waals surface area contributed by atoms with Crippen LogP contribution in [0.4, 0.5) is 0 Å². The molecule has 0 aromatic heterocycles. The molecule has 424 valence electrons. The van der Waals surface area contributed by atoms with Crippen molar-refractivity contribution in [2.24, 2.45) is 0 Å². The highest BCUT2D eigenvalue weighted by Crippen LogP contribution is 2.43. The molecule has 0 radical (unpaired) electrons. The Morgan fingerprint density at radius 1 is 0.507 bits per heavy atom. The van der Waals surface area contributed by atoms with Gasteiger partial charge in [-0.05, 0) is 83.1 Å². The van der Waals surface area contributed by atoms with Crippen LogP contribution in [-0.4, -0.2) is 74.3 Å². The minimum atomic E-state index is -4.45. The van der Waals surface area contributed by atoms with Crippen molar-refractivity contribution in [3.63, 3.8) is 0 Å². The molecule has 0 saturated carbocycles. The highest BCUT2D eigenvalue weighted by molar-refractivity contribution is 7.47. The topological polar surface area (TPSA) is 111 Å². The molecule has 0 heterocycles. The van der Waals surface area contributed by atoms with Crippen molar-refractivity contribution in [1.82, 2.24) is 5.32 Å². The van der Waals surface area contributed by atoms with Gasteiger partial charge in [-0.2, -0.15) is 0 Å². The van der Waals surface area contributed by atoms with E-state index in [0.717, 1.165) is 96.3 Å². The van der Waals surface area contributed by atoms with E-state index in [1.165, 1.54) is 135 Å². The smallest absolute Gasteiger partial charge is 0.456 e. The van der Waals surface area contributed by atoms with Crippen molar-refractivity contribution >= 4 is 19.7 Å². The average molecular weight is 1040 g/mol. The maximum Gasteiger partial charge on any atom is 0.472 e. The maximum atomic E-state index is 13.5. The van der Waals surface area contributed by atoms with Crippen LogP contribution in [0.3, 0.4) is 0 Å². The molecule has 0 bridgehead atoms.